The van der Waals surface area contributed by atoms with E-state index in [0.29, 0.717) is 5.92 Å². The van der Waals surface area contributed by atoms with E-state index < -0.39 is 0 Å². The van der Waals surface area contributed by atoms with Crippen LogP contribution in [0.15, 0.2) is 72.8 Å². The summed E-state index contributed by atoms with van der Waals surface area (Å²) < 4.78 is 0. The molecule has 0 bridgehead atoms. The smallest absolute Gasteiger partial charge is 0.261 e. The van der Waals surface area contributed by atoms with Crippen LogP contribution >= 0.6 is 11.3 Å². The van der Waals surface area contributed by atoms with Gasteiger partial charge in [0, 0.05) is 23.7 Å². The third-order valence-corrected chi connectivity index (χ3v) is 6.78. The maximum Gasteiger partial charge on any atom is 0.261 e. The highest BCUT2D eigenvalue weighted by Gasteiger charge is 2.25. The topological polar surface area (TPSA) is 32.3 Å². The number of carbonyl (C=O) groups excluding carboxylic acids is 1. The van der Waals surface area contributed by atoms with Crippen molar-refractivity contribution in [3.8, 4) is 0 Å². The number of nitrogens with one attached hydrogen (secondary N) is 1. The Bertz CT molecular complexity index is 914. The lowest BCUT2D eigenvalue weighted by Crippen LogP contribution is -2.36. The lowest BCUT2D eigenvalue weighted by molar-refractivity contribution is 0.0933. The fourth-order valence-corrected chi connectivity index (χ4v) is 4.92. The van der Waals surface area contributed by atoms with E-state index in [1.54, 1.807) is 11.3 Å². The van der Waals surface area contributed by atoms with Gasteiger partial charge in [0.1, 0.15) is 0 Å². The van der Waals surface area contributed by atoms with Gasteiger partial charge < -0.3 is 10.2 Å². The van der Waals surface area contributed by atoms with Crippen molar-refractivity contribution in [2.24, 2.45) is 5.92 Å². The van der Waals surface area contributed by atoms with E-state index in [-0.39, 0.29) is 11.9 Å². The predicted octanol–water partition coefficient (Wildman–Crippen LogP) is 5.83. The first-order chi connectivity index (χ1) is 14.2. The first kappa shape index (κ1) is 19.7. The van der Waals surface area contributed by atoms with Gasteiger partial charge in [0.25, 0.3) is 5.91 Å². The molecule has 3 nitrogen and oxygen atoms in total. The van der Waals surface area contributed by atoms with Crippen molar-refractivity contribution in [3.63, 3.8) is 0 Å². The van der Waals surface area contributed by atoms with E-state index in [1.165, 1.54) is 16.1 Å². The summed E-state index contributed by atoms with van der Waals surface area (Å²) in [6.45, 7) is 4.19. The van der Waals surface area contributed by atoms with Gasteiger partial charge in [0.05, 0.1) is 10.9 Å². The van der Waals surface area contributed by atoms with E-state index >= 15 is 0 Å². The summed E-state index contributed by atoms with van der Waals surface area (Å²) in [5.74, 6) is 0.657. The van der Waals surface area contributed by atoms with Gasteiger partial charge in [0.2, 0.25) is 0 Å². The van der Waals surface area contributed by atoms with Gasteiger partial charge in [0.15, 0.2) is 0 Å². The summed E-state index contributed by atoms with van der Waals surface area (Å²) in [6.07, 6.45) is 3.31. The maximum absolute atomic E-state index is 12.8. The van der Waals surface area contributed by atoms with Crippen molar-refractivity contribution in [2.75, 3.05) is 18.0 Å². The van der Waals surface area contributed by atoms with E-state index in [1.807, 2.05) is 25.1 Å². The standard InChI is InChI=1S/C25H28N2OS/c1-19-12-13-24(29-19)25(28)26-23(21-8-4-2-5-9-21)18-20-14-16-27(17-15-20)22-10-6-3-7-11-22/h2-13,20,23H,14-18H2,1H3,(H,26,28). The van der Waals surface area contributed by atoms with Gasteiger partial charge in [-0.25, -0.2) is 0 Å². The summed E-state index contributed by atoms with van der Waals surface area (Å²) >= 11 is 1.56. The molecule has 1 N–H and O–H groups in total. The number of hydrogen-bond acceptors (Lipinski definition) is 3. The number of rotatable bonds is 6. The van der Waals surface area contributed by atoms with Crippen LogP contribution in [0.4, 0.5) is 5.69 Å². The van der Waals surface area contributed by atoms with Crippen LogP contribution in [0.2, 0.25) is 0 Å². The second kappa shape index (κ2) is 9.27. The van der Waals surface area contributed by atoms with Crippen molar-refractivity contribution in [3.05, 3.63) is 88.1 Å². The molecule has 3 aromatic rings. The molecular formula is C25H28N2OS. The highest BCUT2D eigenvalue weighted by molar-refractivity contribution is 7.13. The first-order valence-electron chi connectivity index (χ1n) is 10.4. The van der Waals surface area contributed by atoms with Gasteiger partial charge in [-0.2, -0.15) is 0 Å². The molecule has 2 aromatic carbocycles. The Morgan fingerprint density at radius 1 is 1.00 bits per heavy atom. The van der Waals surface area contributed by atoms with Gasteiger partial charge >= 0.3 is 0 Å². The van der Waals surface area contributed by atoms with Crippen LogP contribution in [-0.4, -0.2) is 19.0 Å². The Labute approximate surface area is 177 Å². The third kappa shape index (κ3) is 5.07. The number of benzene rings is 2. The first-order valence-corrected chi connectivity index (χ1v) is 11.2. The molecule has 1 fully saturated rings. The summed E-state index contributed by atoms with van der Waals surface area (Å²) in [5, 5.41) is 3.31. The number of piperidine rings is 1. The van der Waals surface area contributed by atoms with E-state index in [9.17, 15) is 4.79 Å². The van der Waals surface area contributed by atoms with Crippen molar-refractivity contribution in [1.82, 2.24) is 5.32 Å². The fraction of sp³-hybridized carbons (Fsp3) is 0.320. The molecule has 1 aliphatic heterocycles. The fourth-order valence-electron chi connectivity index (χ4n) is 4.15. The largest absolute Gasteiger partial charge is 0.372 e. The van der Waals surface area contributed by atoms with E-state index in [4.69, 9.17) is 0 Å². The summed E-state index contributed by atoms with van der Waals surface area (Å²) in [7, 11) is 0. The van der Waals surface area contributed by atoms with Crippen LogP contribution in [0.1, 0.15) is 45.4 Å². The predicted molar refractivity (Wildman–Crippen MR) is 122 cm³/mol. The maximum atomic E-state index is 12.8. The number of aryl methyl sites for hydroxylation is 1. The van der Waals surface area contributed by atoms with Crippen LogP contribution in [0, 0.1) is 12.8 Å². The monoisotopic (exact) mass is 404 g/mol. The Hall–Kier alpha value is -2.59. The number of amides is 1. The molecule has 0 radical (unpaired) electrons. The minimum atomic E-state index is 0.0404. The molecule has 1 aromatic heterocycles. The molecule has 1 atom stereocenters. The average Bonchev–Trinajstić information content (AvgIpc) is 3.21. The zero-order chi connectivity index (χ0) is 20.1. The Balaban J connectivity index is 1.41. The van der Waals surface area contributed by atoms with Crippen LogP contribution in [0.5, 0.6) is 0 Å². The normalized spacial score (nSPS) is 15.8. The van der Waals surface area contributed by atoms with Crippen LogP contribution < -0.4 is 10.2 Å². The molecule has 1 unspecified atom stereocenters. The molecule has 0 aliphatic carbocycles. The molecule has 2 heterocycles. The number of anilines is 1. The van der Waals surface area contributed by atoms with Crippen molar-refractivity contribution in [1.29, 1.82) is 0 Å². The van der Waals surface area contributed by atoms with Gasteiger partial charge in [-0.05, 0) is 61.9 Å². The SMILES string of the molecule is Cc1ccc(C(=O)NC(CC2CCN(c3ccccc3)CC2)c2ccccc2)s1. The molecule has 0 saturated carbocycles. The lowest BCUT2D eigenvalue weighted by Gasteiger charge is -2.35. The molecule has 1 aliphatic rings. The molecule has 4 heteroatoms. The summed E-state index contributed by atoms with van der Waals surface area (Å²) in [5.41, 5.74) is 2.51. The zero-order valence-electron chi connectivity index (χ0n) is 16.9. The zero-order valence-corrected chi connectivity index (χ0v) is 17.7. The number of para-hydroxylation sites is 1. The Morgan fingerprint density at radius 3 is 2.28 bits per heavy atom. The van der Waals surface area contributed by atoms with Crippen LogP contribution in [0.25, 0.3) is 0 Å². The third-order valence-electron chi connectivity index (χ3n) is 5.78. The van der Waals surface area contributed by atoms with Crippen molar-refractivity contribution < 1.29 is 4.79 Å². The number of thiophene rings is 1. The lowest BCUT2D eigenvalue weighted by atomic mass is 9.87. The Morgan fingerprint density at radius 2 is 1.66 bits per heavy atom. The molecule has 0 spiro atoms. The highest BCUT2D eigenvalue weighted by atomic mass is 32.1. The van der Waals surface area contributed by atoms with Crippen LogP contribution in [-0.2, 0) is 0 Å². The molecule has 1 saturated heterocycles. The number of nitrogens with zero attached hydrogens (tertiary/aromatic N) is 1. The second-order valence-electron chi connectivity index (χ2n) is 7.85. The minimum absolute atomic E-state index is 0.0404. The van der Waals surface area contributed by atoms with Crippen molar-refractivity contribution in [2.45, 2.75) is 32.2 Å². The summed E-state index contributed by atoms with van der Waals surface area (Å²) in [6, 6.07) is 25.1. The average molecular weight is 405 g/mol. The minimum Gasteiger partial charge on any atom is -0.372 e. The highest BCUT2D eigenvalue weighted by Crippen LogP contribution is 2.31. The number of hydrogen-bond donors (Lipinski definition) is 1. The van der Waals surface area contributed by atoms with E-state index in [0.717, 1.165) is 37.2 Å². The quantitative estimate of drug-likeness (QED) is 0.560. The van der Waals surface area contributed by atoms with Gasteiger partial charge in [-0.15, -0.1) is 11.3 Å². The van der Waals surface area contributed by atoms with Crippen molar-refractivity contribution >= 4 is 22.9 Å². The van der Waals surface area contributed by atoms with Crippen LogP contribution in [0.3, 0.4) is 0 Å². The van der Waals surface area contributed by atoms with Gasteiger partial charge in [-0.3, -0.25) is 4.79 Å². The molecule has 150 valence electrons. The molecular weight excluding hydrogens is 376 g/mol. The number of carbonyl (C=O) groups is 1. The van der Waals surface area contributed by atoms with Gasteiger partial charge in [-0.1, -0.05) is 48.5 Å². The molecule has 29 heavy (non-hydrogen) atoms. The second-order valence-corrected chi connectivity index (χ2v) is 9.14. The molecule has 1 amide bonds. The summed E-state index contributed by atoms with van der Waals surface area (Å²) in [4.78, 5) is 17.2. The Kier molecular flexibility index (Phi) is 6.30. The molecule has 4 rings (SSSR count). The van der Waals surface area contributed by atoms with E-state index in [2.05, 4.69) is 64.8 Å².